The molecule has 0 aliphatic carbocycles. The van der Waals surface area contributed by atoms with E-state index in [0.29, 0.717) is 19.6 Å². The van der Waals surface area contributed by atoms with Crippen LogP contribution in [0.2, 0.25) is 0 Å². The van der Waals surface area contributed by atoms with Crippen molar-refractivity contribution in [3.63, 3.8) is 0 Å². The van der Waals surface area contributed by atoms with Crippen LogP contribution in [0, 0.1) is 0 Å². The van der Waals surface area contributed by atoms with Gasteiger partial charge in [0.05, 0.1) is 13.2 Å². The minimum atomic E-state index is 0.186. The Morgan fingerprint density at radius 2 is 1.86 bits per heavy atom. The molecule has 0 saturated carbocycles. The Hall–Kier alpha value is -1.59. The summed E-state index contributed by atoms with van der Waals surface area (Å²) >= 11 is 0. The lowest BCUT2D eigenvalue weighted by molar-refractivity contribution is -0.132. The Morgan fingerprint density at radius 3 is 2.45 bits per heavy atom. The number of aryl methyl sites for hydroxylation is 1. The number of ether oxygens (including phenoxy) is 1. The molecule has 122 valence electrons. The first-order chi connectivity index (χ1) is 10.7. The van der Waals surface area contributed by atoms with Crippen LogP contribution in [0.3, 0.4) is 0 Å². The predicted molar refractivity (Wildman–Crippen MR) is 86.0 cm³/mol. The van der Waals surface area contributed by atoms with Gasteiger partial charge in [-0.3, -0.25) is 9.69 Å². The number of piperazine rings is 1. The summed E-state index contributed by atoms with van der Waals surface area (Å²) in [6, 6.07) is 7.96. The molecular weight excluding hydrogens is 280 g/mol. The summed E-state index contributed by atoms with van der Waals surface area (Å²) in [6.45, 7) is 6.77. The highest BCUT2D eigenvalue weighted by Crippen LogP contribution is 2.14. The quantitative estimate of drug-likeness (QED) is 0.821. The third-order valence-corrected chi connectivity index (χ3v) is 4.00. The smallest absolute Gasteiger partial charge is 0.222 e. The molecule has 1 N–H and O–H groups in total. The van der Waals surface area contributed by atoms with E-state index in [1.165, 1.54) is 0 Å². The predicted octanol–water partition coefficient (Wildman–Crippen LogP) is 1.15. The van der Waals surface area contributed by atoms with E-state index in [4.69, 9.17) is 9.84 Å². The van der Waals surface area contributed by atoms with E-state index >= 15 is 0 Å². The number of hydrogen-bond acceptors (Lipinski definition) is 4. The maximum Gasteiger partial charge on any atom is 0.222 e. The number of aliphatic hydroxyl groups excluding tert-OH is 1. The van der Waals surface area contributed by atoms with Gasteiger partial charge in [0.2, 0.25) is 5.91 Å². The first kappa shape index (κ1) is 16.8. The number of carbonyl (C=O) groups excluding carboxylic acids is 1. The zero-order chi connectivity index (χ0) is 15.8. The zero-order valence-electron chi connectivity index (χ0n) is 13.3. The van der Waals surface area contributed by atoms with E-state index in [-0.39, 0.29) is 12.5 Å². The molecule has 1 fully saturated rings. The maximum absolute atomic E-state index is 12.2. The van der Waals surface area contributed by atoms with Gasteiger partial charge in [0, 0.05) is 39.1 Å². The highest BCUT2D eigenvalue weighted by Gasteiger charge is 2.20. The van der Waals surface area contributed by atoms with Crippen LogP contribution in [0.1, 0.15) is 18.9 Å². The van der Waals surface area contributed by atoms with Crippen LogP contribution in [0.25, 0.3) is 0 Å². The zero-order valence-corrected chi connectivity index (χ0v) is 13.3. The van der Waals surface area contributed by atoms with Crippen molar-refractivity contribution in [2.75, 3.05) is 45.9 Å². The number of nitrogens with zero attached hydrogens (tertiary/aromatic N) is 2. The van der Waals surface area contributed by atoms with Crippen LogP contribution in [-0.4, -0.2) is 66.8 Å². The fourth-order valence-corrected chi connectivity index (χ4v) is 2.69. The summed E-state index contributed by atoms with van der Waals surface area (Å²) in [4.78, 5) is 16.4. The normalized spacial score (nSPS) is 15.8. The molecule has 0 bridgehead atoms. The van der Waals surface area contributed by atoms with Gasteiger partial charge in [-0.1, -0.05) is 12.1 Å². The van der Waals surface area contributed by atoms with Crippen LogP contribution in [0.5, 0.6) is 5.75 Å². The van der Waals surface area contributed by atoms with Gasteiger partial charge in [0.25, 0.3) is 0 Å². The monoisotopic (exact) mass is 306 g/mol. The van der Waals surface area contributed by atoms with Crippen molar-refractivity contribution >= 4 is 5.91 Å². The molecule has 0 aromatic heterocycles. The number of amides is 1. The lowest BCUT2D eigenvalue weighted by Crippen LogP contribution is -2.49. The Morgan fingerprint density at radius 1 is 1.18 bits per heavy atom. The lowest BCUT2D eigenvalue weighted by atomic mass is 10.1. The van der Waals surface area contributed by atoms with E-state index in [1.54, 1.807) is 0 Å². The SMILES string of the molecule is CCOc1ccc(CCC(=O)N2CCN(CCO)CC2)cc1. The molecule has 1 amide bonds. The molecule has 0 atom stereocenters. The summed E-state index contributed by atoms with van der Waals surface area (Å²) < 4.78 is 5.41. The molecule has 5 heteroatoms. The molecular formula is C17H26N2O3. The number of hydrogen-bond donors (Lipinski definition) is 1. The summed E-state index contributed by atoms with van der Waals surface area (Å²) in [7, 11) is 0. The van der Waals surface area contributed by atoms with Crippen LogP contribution < -0.4 is 4.74 Å². The average Bonchev–Trinajstić information content (AvgIpc) is 2.55. The van der Waals surface area contributed by atoms with E-state index in [0.717, 1.165) is 43.9 Å². The van der Waals surface area contributed by atoms with Gasteiger partial charge in [0.1, 0.15) is 5.75 Å². The van der Waals surface area contributed by atoms with Gasteiger partial charge >= 0.3 is 0 Å². The molecule has 0 radical (unpaired) electrons. The van der Waals surface area contributed by atoms with Gasteiger partial charge < -0.3 is 14.7 Å². The van der Waals surface area contributed by atoms with Crippen LogP contribution >= 0.6 is 0 Å². The maximum atomic E-state index is 12.2. The second-order valence-electron chi connectivity index (χ2n) is 5.52. The Bertz CT molecular complexity index is 453. The van der Waals surface area contributed by atoms with Crippen molar-refractivity contribution in [1.82, 2.24) is 9.80 Å². The minimum absolute atomic E-state index is 0.186. The highest BCUT2D eigenvalue weighted by atomic mass is 16.5. The van der Waals surface area contributed by atoms with Crippen molar-refractivity contribution in [2.45, 2.75) is 19.8 Å². The fraction of sp³-hybridized carbons (Fsp3) is 0.588. The van der Waals surface area contributed by atoms with Crippen molar-refractivity contribution < 1.29 is 14.6 Å². The van der Waals surface area contributed by atoms with Gasteiger partial charge in [-0.2, -0.15) is 0 Å². The molecule has 5 nitrogen and oxygen atoms in total. The number of aliphatic hydroxyl groups is 1. The molecule has 22 heavy (non-hydrogen) atoms. The topological polar surface area (TPSA) is 53.0 Å². The molecule has 0 spiro atoms. The standard InChI is InChI=1S/C17H26N2O3/c1-2-22-16-6-3-15(4-7-16)5-8-17(21)19-11-9-18(10-12-19)13-14-20/h3-4,6-7,20H,2,5,8-14H2,1H3. The first-order valence-electron chi connectivity index (χ1n) is 8.05. The molecule has 1 aliphatic rings. The Kier molecular flexibility index (Phi) is 6.68. The number of benzene rings is 1. The molecule has 1 saturated heterocycles. The van der Waals surface area contributed by atoms with Gasteiger partial charge in [-0.15, -0.1) is 0 Å². The summed E-state index contributed by atoms with van der Waals surface area (Å²) in [6.07, 6.45) is 1.32. The van der Waals surface area contributed by atoms with Gasteiger partial charge in [-0.25, -0.2) is 0 Å². The van der Waals surface area contributed by atoms with Gasteiger partial charge in [0.15, 0.2) is 0 Å². The molecule has 1 aromatic carbocycles. The second-order valence-corrected chi connectivity index (χ2v) is 5.52. The van der Waals surface area contributed by atoms with Gasteiger partial charge in [-0.05, 0) is 31.0 Å². The van der Waals surface area contributed by atoms with Crippen LogP contribution in [0.4, 0.5) is 0 Å². The molecule has 2 rings (SSSR count). The average molecular weight is 306 g/mol. The Balaban J connectivity index is 1.73. The van der Waals surface area contributed by atoms with Crippen LogP contribution in [-0.2, 0) is 11.2 Å². The third-order valence-electron chi connectivity index (χ3n) is 4.00. The summed E-state index contributed by atoms with van der Waals surface area (Å²) in [5.74, 6) is 1.09. The fourth-order valence-electron chi connectivity index (χ4n) is 2.69. The molecule has 1 aliphatic heterocycles. The van der Waals surface area contributed by atoms with E-state index in [2.05, 4.69) is 4.90 Å². The number of β-amino-alcohol motifs (C(OH)–C–C–N with tert-alkyl or cyclic N) is 1. The van der Waals surface area contributed by atoms with Crippen molar-refractivity contribution in [3.05, 3.63) is 29.8 Å². The molecule has 1 heterocycles. The second kappa shape index (κ2) is 8.76. The van der Waals surface area contributed by atoms with Crippen molar-refractivity contribution in [1.29, 1.82) is 0 Å². The van der Waals surface area contributed by atoms with E-state index in [9.17, 15) is 4.79 Å². The summed E-state index contributed by atoms with van der Waals surface area (Å²) in [5.41, 5.74) is 1.16. The Labute approximate surface area is 132 Å². The largest absolute Gasteiger partial charge is 0.494 e. The first-order valence-corrected chi connectivity index (χ1v) is 8.05. The minimum Gasteiger partial charge on any atom is -0.494 e. The third kappa shape index (κ3) is 5.00. The highest BCUT2D eigenvalue weighted by molar-refractivity contribution is 5.76. The van der Waals surface area contributed by atoms with Crippen molar-refractivity contribution in [3.8, 4) is 5.75 Å². The molecule has 1 aromatic rings. The van der Waals surface area contributed by atoms with E-state index < -0.39 is 0 Å². The van der Waals surface area contributed by atoms with E-state index in [1.807, 2.05) is 36.1 Å². The molecule has 0 unspecified atom stereocenters. The number of carbonyl (C=O) groups is 1. The lowest BCUT2D eigenvalue weighted by Gasteiger charge is -2.34. The van der Waals surface area contributed by atoms with Crippen molar-refractivity contribution in [2.24, 2.45) is 0 Å². The summed E-state index contributed by atoms with van der Waals surface area (Å²) in [5, 5.41) is 8.93. The number of rotatable bonds is 7. The van der Waals surface area contributed by atoms with Crippen LogP contribution in [0.15, 0.2) is 24.3 Å².